The molecule has 4 rings (SSSR count). The molecule has 0 aliphatic heterocycles. The van der Waals surface area contributed by atoms with E-state index in [1.54, 1.807) is 42.5 Å². The van der Waals surface area contributed by atoms with Gasteiger partial charge in [0.15, 0.2) is 0 Å². The third-order valence-electron chi connectivity index (χ3n) is 4.51. The number of para-hydroxylation sites is 1. The average Bonchev–Trinajstić information content (AvgIpc) is 3.11. The van der Waals surface area contributed by atoms with Crippen molar-refractivity contribution in [2.45, 2.75) is 0 Å². The van der Waals surface area contributed by atoms with Gasteiger partial charge in [0.05, 0.1) is 11.2 Å². The first kappa shape index (κ1) is 22.0. The molecule has 0 aliphatic rings. The molecule has 1 aromatic heterocycles. The summed E-state index contributed by atoms with van der Waals surface area (Å²) in [4.78, 5) is 25.4. The van der Waals surface area contributed by atoms with Gasteiger partial charge in [-0.1, -0.05) is 45.7 Å². The van der Waals surface area contributed by atoms with Gasteiger partial charge in [-0.15, -0.1) is 11.3 Å². The maximum Gasteiger partial charge on any atom is 0.271 e. The first-order valence-electron chi connectivity index (χ1n) is 9.33. The van der Waals surface area contributed by atoms with Gasteiger partial charge >= 0.3 is 0 Å². The second kappa shape index (κ2) is 9.52. The highest BCUT2D eigenvalue weighted by Crippen LogP contribution is 2.37. The van der Waals surface area contributed by atoms with Crippen LogP contribution in [-0.2, 0) is 0 Å². The predicted molar refractivity (Wildman–Crippen MR) is 132 cm³/mol. The fraction of sp³-hybridized carbons (Fsp3) is 0. The third-order valence-corrected chi connectivity index (χ3v) is 6.66. The van der Waals surface area contributed by atoms with E-state index in [-0.39, 0.29) is 11.7 Å². The lowest BCUT2D eigenvalue weighted by molar-refractivity contribution is 0.0954. The van der Waals surface area contributed by atoms with E-state index < -0.39 is 5.91 Å². The Kier molecular flexibility index (Phi) is 6.55. The summed E-state index contributed by atoms with van der Waals surface area (Å²) < 4.78 is 1.82. The molecule has 4 aromatic rings. The minimum absolute atomic E-state index is 0.0666. The number of benzene rings is 3. The van der Waals surface area contributed by atoms with Crippen LogP contribution in [0.3, 0.4) is 0 Å². The number of anilines is 1. The van der Waals surface area contributed by atoms with Crippen LogP contribution in [0.25, 0.3) is 10.1 Å². The number of fused-ring (bicyclic) bond motifs is 1. The van der Waals surface area contributed by atoms with E-state index in [4.69, 9.17) is 11.6 Å². The minimum atomic E-state index is -0.423. The number of hydrogen-bond acceptors (Lipinski definition) is 5. The molecule has 1 heterocycles. The molecule has 160 valence electrons. The van der Waals surface area contributed by atoms with Crippen molar-refractivity contribution in [3.63, 3.8) is 0 Å². The third kappa shape index (κ3) is 4.83. The number of halogens is 2. The van der Waals surface area contributed by atoms with Crippen LogP contribution in [0.5, 0.6) is 5.75 Å². The lowest BCUT2D eigenvalue weighted by Gasteiger charge is -2.05. The number of phenolic OH excluding ortho intramolecular Hbond substituents is 1. The van der Waals surface area contributed by atoms with E-state index in [9.17, 15) is 14.7 Å². The maximum absolute atomic E-state index is 12.7. The zero-order valence-corrected chi connectivity index (χ0v) is 19.5. The molecule has 0 saturated carbocycles. The minimum Gasteiger partial charge on any atom is -0.507 e. The van der Waals surface area contributed by atoms with E-state index >= 15 is 0 Å². The average molecular weight is 529 g/mol. The number of hydrogen-bond donors (Lipinski definition) is 3. The van der Waals surface area contributed by atoms with Gasteiger partial charge in [0.25, 0.3) is 11.8 Å². The molecule has 6 nitrogen and oxygen atoms in total. The summed E-state index contributed by atoms with van der Waals surface area (Å²) in [6.45, 7) is 0. The largest absolute Gasteiger partial charge is 0.507 e. The number of rotatable bonds is 5. The van der Waals surface area contributed by atoms with E-state index in [1.807, 2.05) is 18.2 Å². The molecular weight excluding hydrogens is 514 g/mol. The van der Waals surface area contributed by atoms with Crippen LogP contribution in [0, 0.1) is 0 Å². The van der Waals surface area contributed by atoms with Crippen LogP contribution in [0.2, 0.25) is 5.02 Å². The number of thiophene rings is 1. The number of nitrogens with zero attached hydrogens (tertiary/aromatic N) is 1. The monoisotopic (exact) mass is 527 g/mol. The highest BCUT2D eigenvalue weighted by atomic mass is 79.9. The molecule has 32 heavy (non-hydrogen) atoms. The maximum atomic E-state index is 12.7. The number of carbonyl (C=O) groups excluding carboxylic acids is 2. The summed E-state index contributed by atoms with van der Waals surface area (Å²) in [6.07, 6.45) is 1.36. The topological polar surface area (TPSA) is 90.8 Å². The van der Waals surface area contributed by atoms with Crippen molar-refractivity contribution in [3.05, 3.63) is 92.2 Å². The van der Waals surface area contributed by atoms with Crippen molar-refractivity contribution in [2.24, 2.45) is 5.10 Å². The number of phenols is 1. The molecule has 3 aromatic carbocycles. The van der Waals surface area contributed by atoms with Crippen LogP contribution >= 0.6 is 38.9 Å². The lowest BCUT2D eigenvalue weighted by atomic mass is 10.2. The SMILES string of the molecule is O=C(N/N=C\c1ccccc1O)c1ccc(NC(=O)c2sc3cc(Br)ccc3c2Cl)cc1. The zero-order valence-electron chi connectivity index (χ0n) is 16.3. The lowest BCUT2D eigenvalue weighted by Crippen LogP contribution is -2.17. The highest BCUT2D eigenvalue weighted by molar-refractivity contribution is 9.10. The second-order valence-electron chi connectivity index (χ2n) is 6.68. The van der Waals surface area contributed by atoms with Crippen molar-refractivity contribution in [3.8, 4) is 5.75 Å². The van der Waals surface area contributed by atoms with Gasteiger partial charge in [0.2, 0.25) is 0 Å². The Balaban J connectivity index is 1.41. The van der Waals surface area contributed by atoms with E-state index in [0.29, 0.717) is 26.7 Å². The summed E-state index contributed by atoms with van der Waals surface area (Å²) in [5.41, 5.74) is 3.77. The fourth-order valence-corrected chi connectivity index (χ4v) is 4.86. The molecule has 0 fully saturated rings. The molecule has 0 bridgehead atoms. The van der Waals surface area contributed by atoms with Crippen LogP contribution in [-0.4, -0.2) is 23.1 Å². The first-order chi connectivity index (χ1) is 15.4. The normalized spacial score (nSPS) is 11.1. The second-order valence-corrected chi connectivity index (χ2v) is 9.02. The Morgan fingerprint density at radius 1 is 1.03 bits per heavy atom. The van der Waals surface area contributed by atoms with Crippen LogP contribution in [0.1, 0.15) is 25.6 Å². The van der Waals surface area contributed by atoms with Gasteiger partial charge in [-0.2, -0.15) is 5.10 Å². The number of nitrogens with one attached hydrogen (secondary N) is 2. The van der Waals surface area contributed by atoms with E-state index in [1.165, 1.54) is 23.6 Å². The van der Waals surface area contributed by atoms with Gasteiger partial charge in [-0.05, 0) is 48.5 Å². The molecule has 0 saturated heterocycles. The number of carbonyl (C=O) groups is 2. The standard InChI is InChI=1S/C23H15BrClN3O3S/c24-15-7-10-17-19(11-15)32-21(20(17)25)23(31)27-16-8-5-13(6-9-16)22(30)28-26-12-14-3-1-2-4-18(14)29/h1-12,29H,(H,27,31)(H,28,30)/b26-12-. The molecule has 0 atom stereocenters. The number of amides is 2. The quantitative estimate of drug-likeness (QED) is 0.218. The van der Waals surface area contributed by atoms with Crippen molar-refractivity contribution in [1.29, 1.82) is 0 Å². The van der Waals surface area contributed by atoms with Gasteiger partial charge in [-0.3, -0.25) is 9.59 Å². The van der Waals surface area contributed by atoms with Crippen molar-refractivity contribution in [1.82, 2.24) is 5.43 Å². The summed E-state index contributed by atoms with van der Waals surface area (Å²) in [7, 11) is 0. The van der Waals surface area contributed by atoms with Crippen molar-refractivity contribution >= 4 is 72.7 Å². The molecule has 0 unspecified atom stereocenters. The summed E-state index contributed by atoms with van der Waals surface area (Å²) in [6, 6.07) is 18.7. The van der Waals surface area contributed by atoms with Crippen molar-refractivity contribution in [2.75, 3.05) is 5.32 Å². The van der Waals surface area contributed by atoms with Gasteiger partial charge in [0.1, 0.15) is 10.6 Å². The fourth-order valence-electron chi connectivity index (χ4n) is 2.90. The molecule has 9 heteroatoms. The Hall–Kier alpha value is -3.20. The smallest absolute Gasteiger partial charge is 0.271 e. The number of aromatic hydroxyl groups is 1. The summed E-state index contributed by atoms with van der Waals surface area (Å²) in [5.74, 6) is -0.679. The molecule has 2 amide bonds. The van der Waals surface area contributed by atoms with Gasteiger partial charge in [0, 0.05) is 31.4 Å². The van der Waals surface area contributed by atoms with E-state index in [0.717, 1.165) is 14.6 Å². The molecule has 0 spiro atoms. The predicted octanol–water partition coefficient (Wildman–Crippen LogP) is 6.04. The van der Waals surface area contributed by atoms with Crippen LogP contribution < -0.4 is 10.7 Å². The zero-order chi connectivity index (χ0) is 22.7. The van der Waals surface area contributed by atoms with Crippen LogP contribution in [0.4, 0.5) is 5.69 Å². The molecule has 0 aliphatic carbocycles. The molecule has 3 N–H and O–H groups in total. The van der Waals surface area contributed by atoms with Gasteiger partial charge < -0.3 is 10.4 Å². The van der Waals surface area contributed by atoms with Crippen LogP contribution in [0.15, 0.2) is 76.3 Å². The Labute approximate surface area is 200 Å². The Bertz CT molecular complexity index is 1350. The number of hydrazone groups is 1. The Morgan fingerprint density at radius 3 is 2.53 bits per heavy atom. The molecule has 0 radical (unpaired) electrons. The van der Waals surface area contributed by atoms with Crippen molar-refractivity contribution < 1.29 is 14.7 Å². The summed E-state index contributed by atoms with van der Waals surface area (Å²) >= 11 is 11.1. The summed E-state index contributed by atoms with van der Waals surface area (Å²) in [5, 5.41) is 17.6. The van der Waals surface area contributed by atoms with Gasteiger partial charge in [-0.25, -0.2) is 5.43 Å². The first-order valence-corrected chi connectivity index (χ1v) is 11.3. The van der Waals surface area contributed by atoms with E-state index in [2.05, 4.69) is 31.8 Å². The Morgan fingerprint density at radius 2 is 1.78 bits per heavy atom. The highest BCUT2D eigenvalue weighted by Gasteiger charge is 2.17. The molecular formula is C23H15BrClN3O3S.